The molecule has 4 nitrogen and oxygen atoms in total. The van der Waals surface area contributed by atoms with Crippen LogP contribution in [0.4, 0.5) is 0 Å². The first-order valence-corrected chi connectivity index (χ1v) is 9.28. The first-order valence-electron chi connectivity index (χ1n) is 6.52. The Labute approximate surface area is 115 Å². The Hall–Kier alpha value is -0.0400. The molecule has 0 saturated heterocycles. The molecular weight excluding hydrogens is 266 g/mol. The van der Waals surface area contributed by atoms with Gasteiger partial charge in [0.1, 0.15) is 6.29 Å². The number of unbranched alkanes of at least 4 members (excludes halogenated alkanes) is 1. The minimum atomic E-state index is -0.297. The van der Waals surface area contributed by atoms with Crippen LogP contribution in [-0.4, -0.2) is 47.9 Å². The molecule has 3 atom stereocenters. The van der Waals surface area contributed by atoms with Gasteiger partial charge in [0.25, 0.3) is 0 Å². The van der Waals surface area contributed by atoms with Crippen LogP contribution in [0.5, 0.6) is 0 Å². The molecule has 6 heteroatoms. The first-order chi connectivity index (χ1) is 8.60. The van der Waals surface area contributed by atoms with Crippen molar-refractivity contribution in [2.75, 3.05) is 20.1 Å². The van der Waals surface area contributed by atoms with Gasteiger partial charge in [-0.05, 0) is 28.3 Å². The van der Waals surface area contributed by atoms with E-state index < -0.39 is 0 Å². The first kappa shape index (κ1) is 18.0. The highest BCUT2D eigenvalue weighted by Gasteiger charge is 2.20. The van der Waals surface area contributed by atoms with E-state index in [4.69, 9.17) is 0 Å². The third-order valence-electron chi connectivity index (χ3n) is 2.87. The quantitative estimate of drug-likeness (QED) is 0.458. The van der Waals surface area contributed by atoms with E-state index in [1.165, 1.54) is 0 Å². The SMILES string of the molecule is CCCCN(CCC)C(=O)CC(C=O)N(C)PP. The standard InChI is InChI=1S/C12H26N2O2P2/c1-4-6-8-14(7-5-2)12(16)9-11(10-15)13(3)18-17/h10-11,18H,4-9,17H2,1-3H3. The summed E-state index contributed by atoms with van der Waals surface area (Å²) in [6.45, 7) is 5.78. The molecule has 18 heavy (non-hydrogen) atoms. The highest BCUT2D eigenvalue weighted by atomic mass is 32.0. The van der Waals surface area contributed by atoms with Crippen LogP contribution in [0, 0.1) is 0 Å². The largest absolute Gasteiger partial charge is 0.343 e. The number of aldehydes is 1. The van der Waals surface area contributed by atoms with Crippen molar-refractivity contribution in [2.24, 2.45) is 0 Å². The van der Waals surface area contributed by atoms with E-state index in [0.29, 0.717) is 14.8 Å². The Morgan fingerprint density at radius 2 is 2.00 bits per heavy atom. The number of carbonyl (C=O) groups is 2. The van der Waals surface area contributed by atoms with Crippen LogP contribution in [0.1, 0.15) is 39.5 Å². The summed E-state index contributed by atoms with van der Waals surface area (Å²) >= 11 is 0. The van der Waals surface area contributed by atoms with Crippen LogP contribution >= 0.6 is 17.3 Å². The van der Waals surface area contributed by atoms with E-state index in [2.05, 4.69) is 22.8 Å². The van der Waals surface area contributed by atoms with Gasteiger partial charge in [-0.2, -0.15) is 0 Å². The third-order valence-corrected chi connectivity index (χ3v) is 4.83. The second-order valence-electron chi connectivity index (χ2n) is 4.38. The molecule has 0 saturated carbocycles. The Morgan fingerprint density at radius 3 is 2.44 bits per heavy atom. The van der Waals surface area contributed by atoms with E-state index in [9.17, 15) is 9.59 Å². The molecule has 0 spiro atoms. The third kappa shape index (κ3) is 6.78. The fourth-order valence-corrected chi connectivity index (χ4v) is 2.58. The van der Waals surface area contributed by atoms with Crippen molar-refractivity contribution < 1.29 is 9.59 Å². The van der Waals surface area contributed by atoms with Crippen molar-refractivity contribution in [3.8, 4) is 0 Å². The summed E-state index contributed by atoms with van der Waals surface area (Å²) in [5, 5.41) is 0. The van der Waals surface area contributed by atoms with Gasteiger partial charge < -0.3 is 9.69 Å². The summed E-state index contributed by atoms with van der Waals surface area (Å²) in [5.41, 5.74) is 0. The van der Waals surface area contributed by atoms with Gasteiger partial charge in [-0.1, -0.05) is 29.2 Å². The molecule has 0 bridgehead atoms. The van der Waals surface area contributed by atoms with Crippen molar-refractivity contribution in [1.29, 1.82) is 0 Å². The van der Waals surface area contributed by atoms with Gasteiger partial charge in [0, 0.05) is 19.5 Å². The van der Waals surface area contributed by atoms with E-state index in [1.54, 1.807) is 0 Å². The zero-order valence-electron chi connectivity index (χ0n) is 11.7. The summed E-state index contributed by atoms with van der Waals surface area (Å²) in [6.07, 6.45) is 4.24. The van der Waals surface area contributed by atoms with Gasteiger partial charge >= 0.3 is 0 Å². The minimum Gasteiger partial charge on any atom is -0.343 e. The molecular formula is C12H26N2O2P2. The lowest BCUT2D eigenvalue weighted by molar-refractivity contribution is -0.133. The van der Waals surface area contributed by atoms with Crippen LogP contribution < -0.4 is 0 Å². The maximum atomic E-state index is 12.2. The van der Waals surface area contributed by atoms with Crippen LogP contribution in [0.2, 0.25) is 0 Å². The maximum Gasteiger partial charge on any atom is 0.224 e. The maximum absolute atomic E-state index is 12.2. The van der Waals surface area contributed by atoms with E-state index in [0.717, 1.165) is 38.6 Å². The molecule has 106 valence electrons. The van der Waals surface area contributed by atoms with Gasteiger partial charge in [-0.25, -0.2) is 0 Å². The molecule has 0 aliphatic heterocycles. The van der Waals surface area contributed by atoms with Crippen molar-refractivity contribution in [3.63, 3.8) is 0 Å². The topological polar surface area (TPSA) is 40.6 Å². The Balaban J connectivity index is 4.41. The molecule has 0 aliphatic rings. The van der Waals surface area contributed by atoms with Crippen LogP contribution in [-0.2, 0) is 9.59 Å². The second kappa shape index (κ2) is 10.8. The number of carbonyl (C=O) groups excluding carboxylic acids is 2. The van der Waals surface area contributed by atoms with Gasteiger partial charge in [0.15, 0.2) is 0 Å². The lowest BCUT2D eigenvalue weighted by Gasteiger charge is -2.26. The molecule has 0 aromatic heterocycles. The highest BCUT2D eigenvalue weighted by molar-refractivity contribution is 8.01. The molecule has 0 rings (SSSR count). The number of hydrogen-bond donors (Lipinski definition) is 0. The Bertz CT molecular complexity index is 252. The molecule has 1 amide bonds. The highest BCUT2D eigenvalue weighted by Crippen LogP contribution is 2.27. The van der Waals surface area contributed by atoms with Gasteiger partial charge in [0.2, 0.25) is 5.91 Å². The lowest BCUT2D eigenvalue weighted by Crippen LogP contribution is -2.38. The van der Waals surface area contributed by atoms with Crippen molar-refractivity contribution in [3.05, 3.63) is 0 Å². The number of amides is 1. The Kier molecular flexibility index (Phi) is 10.8. The Morgan fingerprint density at radius 1 is 1.33 bits per heavy atom. The van der Waals surface area contributed by atoms with Crippen molar-refractivity contribution in [1.82, 2.24) is 9.57 Å². The van der Waals surface area contributed by atoms with Crippen molar-refractivity contribution >= 4 is 29.5 Å². The van der Waals surface area contributed by atoms with Crippen LogP contribution in [0.15, 0.2) is 0 Å². The van der Waals surface area contributed by atoms with Crippen molar-refractivity contribution in [2.45, 2.75) is 45.6 Å². The molecule has 3 unspecified atom stereocenters. The summed E-state index contributed by atoms with van der Waals surface area (Å²) in [4.78, 5) is 25.1. The number of likely N-dealkylation sites (N-methyl/N-ethyl adjacent to an activating group) is 1. The summed E-state index contributed by atoms with van der Waals surface area (Å²) < 4.78 is 1.90. The van der Waals surface area contributed by atoms with E-state index in [1.807, 2.05) is 16.6 Å². The molecule has 0 N–H and O–H groups in total. The van der Waals surface area contributed by atoms with Gasteiger partial charge in [-0.3, -0.25) is 9.46 Å². The van der Waals surface area contributed by atoms with E-state index in [-0.39, 0.29) is 11.9 Å². The van der Waals surface area contributed by atoms with E-state index >= 15 is 0 Å². The average Bonchev–Trinajstić information content (AvgIpc) is 2.39. The molecule has 0 fully saturated rings. The minimum absolute atomic E-state index is 0.0949. The monoisotopic (exact) mass is 292 g/mol. The zero-order valence-corrected chi connectivity index (χ0v) is 13.8. The fourth-order valence-electron chi connectivity index (χ4n) is 1.66. The average molecular weight is 292 g/mol. The zero-order chi connectivity index (χ0) is 14.0. The molecule has 0 radical (unpaired) electrons. The normalized spacial score (nSPS) is 13.2. The number of nitrogens with zero attached hydrogens (tertiary/aromatic N) is 2. The predicted octanol–water partition coefficient (Wildman–Crippen LogP) is 2.30. The van der Waals surface area contributed by atoms with Crippen LogP contribution in [0.25, 0.3) is 0 Å². The molecule has 0 aliphatic carbocycles. The van der Waals surface area contributed by atoms with Gasteiger partial charge in [0.05, 0.1) is 6.04 Å². The summed E-state index contributed by atoms with van der Waals surface area (Å²) in [5.74, 6) is 0.0949. The molecule has 0 aromatic rings. The number of hydrogen-bond acceptors (Lipinski definition) is 3. The van der Waals surface area contributed by atoms with Crippen LogP contribution in [0.3, 0.4) is 0 Å². The predicted molar refractivity (Wildman–Crippen MR) is 82.0 cm³/mol. The smallest absolute Gasteiger partial charge is 0.224 e. The fraction of sp³-hybridized carbons (Fsp3) is 0.833. The lowest BCUT2D eigenvalue weighted by atomic mass is 10.2. The number of rotatable bonds is 10. The molecule has 0 heterocycles. The van der Waals surface area contributed by atoms with Gasteiger partial charge in [-0.15, -0.1) is 0 Å². The summed E-state index contributed by atoms with van der Waals surface area (Å²) in [6, 6.07) is -0.297. The summed E-state index contributed by atoms with van der Waals surface area (Å²) in [7, 11) is 4.93. The molecule has 0 aromatic carbocycles. The second-order valence-corrected chi connectivity index (χ2v) is 6.12.